The van der Waals surface area contributed by atoms with Crippen molar-refractivity contribution in [3.8, 4) is 5.75 Å². The van der Waals surface area contributed by atoms with Crippen LogP contribution >= 0.6 is 27.7 Å². The Balaban J connectivity index is 1.73. The summed E-state index contributed by atoms with van der Waals surface area (Å²) in [6.45, 7) is 0.663. The highest BCUT2D eigenvalue weighted by Gasteiger charge is 1.97. The van der Waals surface area contributed by atoms with Crippen molar-refractivity contribution >= 4 is 33.5 Å². The van der Waals surface area contributed by atoms with Gasteiger partial charge in [-0.05, 0) is 36.4 Å². The van der Waals surface area contributed by atoms with Gasteiger partial charge in [0, 0.05) is 21.3 Å². The highest BCUT2D eigenvalue weighted by atomic mass is 79.9. The van der Waals surface area contributed by atoms with E-state index in [-0.39, 0.29) is 0 Å². The fraction of sp³-hybridized carbons (Fsp3) is 0.154. The second-order valence-corrected chi connectivity index (χ2v) is 5.65. The van der Waals surface area contributed by atoms with E-state index in [1.165, 1.54) is 0 Å². The van der Waals surface area contributed by atoms with E-state index in [0.29, 0.717) is 12.4 Å². The summed E-state index contributed by atoms with van der Waals surface area (Å²) in [6.07, 6.45) is 1.78. The van der Waals surface area contributed by atoms with Gasteiger partial charge in [0.05, 0.1) is 6.61 Å². The topological polar surface area (TPSA) is 48.1 Å². The molecule has 1 aromatic heterocycles. The molecule has 2 N–H and O–H groups in total. The number of nitrogens with zero attached hydrogens (tertiary/aromatic N) is 1. The number of rotatable bonds is 5. The molecule has 0 saturated carbocycles. The van der Waals surface area contributed by atoms with Crippen molar-refractivity contribution in [2.24, 2.45) is 0 Å². The molecule has 0 amide bonds. The van der Waals surface area contributed by atoms with E-state index in [0.717, 1.165) is 20.9 Å². The Morgan fingerprint density at radius 3 is 2.61 bits per heavy atom. The Hall–Kier alpha value is -1.20. The maximum absolute atomic E-state index is 5.62. The molecular formula is C13H13BrN2OS. The minimum absolute atomic E-state index is 0.547. The molecule has 0 aliphatic heterocycles. The van der Waals surface area contributed by atoms with E-state index in [1.807, 2.05) is 30.3 Å². The molecule has 0 saturated heterocycles. The second-order valence-electron chi connectivity index (χ2n) is 3.57. The lowest BCUT2D eigenvalue weighted by atomic mass is 10.3. The average Bonchev–Trinajstić information content (AvgIpc) is 2.39. The highest BCUT2D eigenvalue weighted by Crippen LogP contribution is 2.19. The second kappa shape index (κ2) is 6.66. The van der Waals surface area contributed by atoms with Crippen molar-refractivity contribution < 1.29 is 4.74 Å². The van der Waals surface area contributed by atoms with Crippen LogP contribution in [0.5, 0.6) is 5.75 Å². The van der Waals surface area contributed by atoms with Gasteiger partial charge in [-0.2, -0.15) is 0 Å². The van der Waals surface area contributed by atoms with Crippen LogP contribution < -0.4 is 10.5 Å². The predicted octanol–water partition coefficient (Wildman–Crippen LogP) is 3.60. The lowest BCUT2D eigenvalue weighted by Gasteiger charge is -2.06. The normalized spacial score (nSPS) is 10.3. The van der Waals surface area contributed by atoms with Crippen LogP contribution in [0.15, 0.2) is 52.0 Å². The molecule has 0 radical (unpaired) electrons. The van der Waals surface area contributed by atoms with Crippen LogP contribution in [0.2, 0.25) is 0 Å². The molecule has 2 aromatic rings. The quantitative estimate of drug-likeness (QED) is 0.674. The van der Waals surface area contributed by atoms with Crippen LogP contribution in [0.4, 0.5) is 5.82 Å². The molecule has 5 heteroatoms. The van der Waals surface area contributed by atoms with Crippen LogP contribution in [-0.4, -0.2) is 17.3 Å². The third-order valence-electron chi connectivity index (χ3n) is 2.19. The van der Waals surface area contributed by atoms with Crippen LogP contribution in [0.1, 0.15) is 0 Å². The molecule has 0 fully saturated rings. The van der Waals surface area contributed by atoms with Crippen LogP contribution in [0, 0.1) is 0 Å². The molecule has 0 unspecified atom stereocenters. The number of nitrogen functional groups attached to an aromatic ring is 1. The number of thioether (sulfide) groups is 1. The monoisotopic (exact) mass is 324 g/mol. The third kappa shape index (κ3) is 4.23. The molecular weight excluding hydrogens is 312 g/mol. The van der Waals surface area contributed by atoms with E-state index < -0.39 is 0 Å². The molecule has 0 bridgehead atoms. The van der Waals surface area contributed by atoms with Gasteiger partial charge >= 0.3 is 0 Å². The molecule has 0 spiro atoms. The first-order chi connectivity index (χ1) is 8.74. The summed E-state index contributed by atoms with van der Waals surface area (Å²) in [5, 5.41) is 0. The SMILES string of the molecule is Nc1ccc(SCCOc2ccc(Br)cc2)cn1. The molecule has 18 heavy (non-hydrogen) atoms. The lowest BCUT2D eigenvalue weighted by molar-refractivity contribution is 0.344. The summed E-state index contributed by atoms with van der Waals surface area (Å²) < 4.78 is 6.67. The van der Waals surface area contributed by atoms with Crippen molar-refractivity contribution in [1.29, 1.82) is 0 Å². The Bertz CT molecular complexity index is 440. The van der Waals surface area contributed by atoms with E-state index in [9.17, 15) is 0 Å². The first-order valence-electron chi connectivity index (χ1n) is 5.47. The Labute approximate surface area is 119 Å². The van der Waals surface area contributed by atoms with Crippen molar-refractivity contribution in [2.75, 3.05) is 18.1 Å². The van der Waals surface area contributed by atoms with Crippen LogP contribution in [0.3, 0.4) is 0 Å². The molecule has 2 rings (SSSR count). The number of halogens is 1. The molecule has 0 aliphatic carbocycles. The zero-order chi connectivity index (χ0) is 12.8. The largest absolute Gasteiger partial charge is 0.493 e. The molecule has 1 heterocycles. The van der Waals surface area contributed by atoms with Gasteiger partial charge in [0.15, 0.2) is 0 Å². The van der Waals surface area contributed by atoms with E-state index >= 15 is 0 Å². The minimum Gasteiger partial charge on any atom is -0.493 e. The maximum atomic E-state index is 5.62. The van der Waals surface area contributed by atoms with Crippen molar-refractivity contribution in [2.45, 2.75) is 4.90 Å². The smallest absolute Gasteiger partial charge is 0.123 e. The third-order valence-corrected chi connectivity index (χ3v) is 3.67. The van der Waals surface area contributed by atoms with Crippen molar-refractivity contribution in [1.82, 2.24) is 4.98 Å². The van der Waals surface area contributed by atoms with Crippen molar-refractivity contribution in [3.05, 3.63) is 47.1 Å². The van der Waals surface area contributed by atoms with E-state index in [2.05, 4.69) is 20.9 Å². The Morgan fingerprint density at radius 1 is 1.17 bits per heavy atom. The number of hydrogen-bond acceptors (Lipinski definition) is 4. The van der Waals surface area contributed by atoms with Gasteiger partial charge in [0.1, 0.15) is 11.6 Å². The maximum Gasteiger partial charge on any atom is 0.123 e. The standard InChI is InChI=1S/C13H13BrN2OS/c14-10-1-3-11(4-2-10)17-7-8-18-12-5-6-13(15)16-9-12/h1-6,9H,7-8H2,(H2,15,16). The predicted molar refractivity (Wildman–Crippen MR) is 79.0 cm³/mol. The van der Waals surface area contributed by atoms with E-state index in [1.54, 1.807) is 24.0 Å². The van der Waals surface area contributed by atoms with Gasteiger partial charge in [-0.25, -0.2) is 4.98 Å². The number of benzene rings is 1. The average molecular weight is 325 g/mol. The summed E-state index contributed by atoms with van der Waals surface area (Å²) in [5.74, 6) is 2.31. The summed E-state index contributed by atoms with van der Waals surface area (Å²) in [4.78, 5) is 5.14. The first-order valence-corrected chi connectivity index (χ1v) is 7.24. The summed E-state index contributed by atoms with van der Waals surface area (Å²) in [7, 11) is 0. The fourth-order valence-corrected chi connectivity index (χ4v) is 2.29. The molecule has 0 atom stereocenters. The number of anilines is 1. The van der Waals surface area contributed by atoms with Gasteiger partial charge in [0.2, 0.25) is 0 Å². The zero-order valence-electron chi connectivity index (χ0n) is 9.67. The number of nitrogens with two attached hydrogens (primary N) is 1. The van der Waals surface area contributed by atoms with Gasteiger partial charge in [-0.15, -0.1) is 11.8 Å². The Morgan fingerprint density at radius 2 is 1.94 bits per heavy atom. The summed E-state index contributed by atoms with van der Waals surface area (Å²) in [5.41, 5.74) is 5.52. The van der Waals surface area contributed by atoms with Gasteiger partial charge < -0.3 is 10.5 Å². The van der Waals surface area contributed by atoms with Gasteiger partial charge in [0.25, 0.3) is 0 Å². The minimum atomic E-state index is 0.547. The molecule has 3 nitrogen and oxygen atoms in total. The zero-order valence-corrected chi connectivity index (χ0v) is 12.1. The molecule has 0 aliphatic rings. The first kappa shape index (κ1) is 13.2. The number of hydrogen-bond donors (Lipinski definition) is 1. The number of pyridine rings is 1. The van der Waals surface area contributed by atoms with Gasteiger partial charge in [-0.1, -0.05) is 15.9 Å². The van der Waals surface area contributed by atoms with E-state index in [4.69, 9.17) is 10.5 Å². The molecule has 94 valence electrons. The lowest BCUT2D eigenvalue weighted by Crippen LogP contribution is -2.00. The van der Waals surface area contributed by atoms with Crippen molar-refractivity contribution in [3.63, 3.8) is 0 Å². The Kier molecular flexibility index (Phi) is 4.90. The molecule has 1 aromatic carbocycles. The highest BCUT2D eigenvalue weighted by molar-refractivity contribution is 9.10. The van der Waals surface area contributed by atoms with Crippen LogP contribution in [-0.2, 0) is 0 Å². The van der Waals surface area contributed by atoms with Crippen LogP contribution in [0.25, 0.3) is 0 Å². The summed E-state index contributed by atoms with van der Waals surface area (Å²) in [6, 6.07) is 11.6. The number of aromatic nitrogens is 1. The van der Waals surface area contributed by atoms with Gasteiger partial charge in [-0.3, -0.25) is 0 Å². The summed E-state index contributed by atoms with van der Waals surface area (Å²) >= 11 is 5.09. The number of ether oxygens (including phenoxy) is 1. The fourth-order valence-electron chi connectivity index (χ4n) is 1.33.